The highest BCUT2D eigenvalue weighted by Crippen LogP contribution is 2.26. The summed E-state index contributed by atoms with van der Waals surface area (Å²) >= 11 is 0. The van der Waals surface area contributed by atoms with Crippen LogP contribution in [0.4, 0.5) is 0 Å². The number of hydrogen-bond acceptors (Lipinski definition) is 3. The van der Waals surface area contributed by atoms with Gasteiger partial charge in [0.2, 0.25) is 13.4 Å². The Morgan fingerprint density at radius 3 is 0.933 bits per heavy atom. The van der Waals surface area contributed by atoms with Crippen LogP contribution in [0.5, 0.6) is 0 Å². The molecule has 3 heterocycles. The Bertz CT molecular complexity index is 2540. The van der Waals surface area contributed by atoms with Crippen LogP contribution in [0.1, 0.15) is 22.5 Å². The fourth-order valence-electron chi connectivity index (χ4n) is 7.97. The summed E-state index contributed by atoms with van der Waals surface area (Å²) < 4.78 is 0. The highest BCUT2D eigenvalue weighted by Gasteiger charge is 2.26. The minimum absolute atomic E-state index is 0.0317. The molecule has 0 atom stereocenters. The van der Waals surface area contributed by atoms with Crippen LogP contribution in [0.2, 0.25) is 0 Å². The smallest absolute Gasteiger partial charge is 0.242 e. The van der Waals surface area contributed by atoms with Crippen molar-refractivity contribution in [1.82, 2.24) is 15.0 Å². The predicted molar refractivity (Wildman–Crippen MR) is 255 cm³/mol. The first kappa shape index (κ1) is 37.9. The summed E-state index contributed by atoms with van der Waals surface area (Å²) in [6, 6.07) is 78.6. The average molecular weight is 766 g/mol. The highest BCUT2D eigenvalue weighted by molar-refractivity contribution is 7.01. The summed E-state index contributed by atoms with van der Waals surface area (Å²) in [7, 11) is 0. The van der Waals surface area contributed by atoms with E-state index in [1.807, 2.05) is 24.5 Å². The third kappa shape index (κ3) is 8.77. The van der Waals surface area contributed by atoms with Gasteiger partial charge in [-0.3, -0.25) is 9.97 Å². The minimum Gasteiger partial charge on any atom is -0.256 e. The molecule has 9 rings (SSSR count). The Morgan fingerprint density at radius 1 is 0.317 bits per heavy atom. The zero-order valence-electron chi connectivity index (χ0n) is 33.2. The zero-order valence-corrected chi connectivity index (χ0v) is 33.2. The molecule has 0 radical (unpaired) electrons. The molecule has 0 bridgehead atoms. The van der Waals surface area contributed by atoms with Crippen LogP contribution in [0.25, 0.3) is 45.6 Å². The molecule has 0 unspecified atom stereocenters. The van der Waals surface area contributed by atoms with Gasteiger partial charge < -0.3 is 0 Å². The second-order valence-electron chi connectivity index (χ2n) is 14.8. The fourth-order valence-corrected chi connectivity index (χ4v) is 7.97. The molecule has 0 N–H and O–H groups in total. The van der Waals surface area contributed by atoms with Crippen molar-refractivity contribution in [1.29, 1.82) is 0 Å². The Labute approximate surface area is 353 Å². The van der Waals surface area contributed by atoms with E-state index in [0.717, 1.165) is 45.0 Å². The number of hydrogen-bond donors (Lipinski definition) is 0. The first-order chi connectivity index (χ1) is 29.8. The third-order valence-corrected chi connectivity index (χ3v) is 10.9. The lowest BCUT2D eigenvalue weighted by atomic mass is 9.35. The summed E-state index contributed by atoms with van der Waals surface area (Å²) in [6.07, 6.45) is 8.29. The second kappa shape index (κ2) is 18.3. The van der Waals surface area contributed by atoms with Gasteiger partial charge in [0.05, 0.1) is 22.8 Å². The number of benzene rings is 6. The molecule has 0 aliphatic rings. The van der Waals surface area contributed by atoms with Crippen molar-refractivity contribution in [2.75, 3.05) is 0 Å². The summed E-state index contributed by atoms with van der Waals surface area (Å²) in [6.45, 7) is 0.0633. The van der Waals surface area contributed by atoms with Crippen molar-refractivity contribution < 1.29 is 0 Å². The van der Waals surface area contributed by atoms with Crippen LogP contribution in [0.15, 0.2) is 237 Å². The SMILES string of the molecule is C(=C(\B(c1ccccc1)c1ccccc1)c1ccccc1)/c1ccc(-c2cccc(-c3ccc(/C=C(/B(c4ccccc4)c4ccccc4)c4ccccc4)nc3)n2)cn1. The Morgan fingerprint density at radius 2 is 0.633 bits per heavy atom. The van der Waals surface area contributed by atoms with E-state index in [0.29, 0.717) is 0 Å². The van der Waals surface area contributed by atoms with Crippen LogP contribution < -0.4 is 21.9 Å². The molecule has 0 aliphatic heterocycles. The van der Waals surface area contributed by atoms with E-state index in [-0.39, 0.29) is 13.4 Å². The van der Waals surface area contributed by atoms with Gasteiger partial charge in [-0.25, -0.2) is 4.98 Å². The molecule has 60 heavy (non-hydrogen) atoms. The lowest BCUT2D eigenvalue weighted by Gasteiger charge is -2.19. The van der Waals surface area contributed by atoms with Crippen LogP contribution in [-0.2, 0) is 0 Å². The Balaban J connectivity index is 1.02. The molecule has 9 aromatic rings. The Kier molecular flexibility index (Phi) is 11.6. The predicted octanol–water partition coefficient (Wildman–Crippen LogP) is 9.98. The maximum Gasteiger partial charge on any atom is 0.242 e. The Hall–Kier alpha value is -7.62. The highest BCUT2D eigenvalue weighted by atomic mass is 14.7. The van der Waals surface area contributed by atoms with Gasteiger partial charge in [-0.1, -0.05) is 221 Å². The maximum absolute atomic E-state index is 5.09. The van der Waals surface area contributed by atoms with Gasteiger partial charge in [-0.2, -0.15) is 0 Å². The molecule has 0 fully saturated rings. The molecule has 0 spiro atoms. The summed E-state index contributed by atoms with van der Waals surface area (Å²) in [5.74, 6) is 0. The van der Waals surface area contributed by atoms with Gasteiger partial charge in [-0.05, 0) is 59.7 Å². The number of pyridine rings is 3. The molecule has 0 amide bonds. The van der Waals surface area contributed by atoms with Gasteiger partial charge >= 0.3 is 0 Å². The van der Waals surface area contributed by atoms with E-state index in [9.17, 15) is 0 Å². The molecule has 282 valence electrons. The molecule has 3 nitrogen and oxygen atoms in total. The molecule has 6 aromatic carbocycles. The van der Waals surface area contributed by atoms with Crippen molar-refractivity contribution in [3.63, 3.8) is 0 Å². The number of aromatic nitrogens is 3. The van der Waals surface area contributed by atoms with Gasteiger partial charge in [0.1, 0.15) is 0 Å². The van der Waals surface area contributed by atoms with E-state index in [1.54, 1.807) is 0 Å². The van der Waals surface area contributed by atoms with E-state index >= 15 is 0 Å². The largest absolute Gasteiger partial charge is 0.256 e. The summed E-state index contributed by atoms with van der Waals surface area (Å²) in [5, 5.41) is 0. The lowest BCUT2D eigenvalue weighted by Crippen LogP contribution is -2.43. The van der Waals surface area contributed by atoms with Gasteiger partial charge in [0.15, 0.2) is 0 Å². The van der Waals surface area contributed by atoms with E-state index < -0.39 is 0 Å². The van der Waals surface area contributed by atoms with Crippen LogP contribution >= 0.6 is 0 Å². The third-order valence-electron chi connectivity index (χ3n) is 10.9. The van der Waals surface area contributed by atoms with Crippen LogP contribution in [-0.4, -0.2) is 28.4 Å². The van der Waals surface area contributed by atoms with Crippen molar-refractivity contribution in [3.8, 4) is 22.5 Å². The first-order valence-corrected chi connectivity index (χ1v) is 20.4. The molecule has 5 heteroatoms. The molecule has 0 saturated heterocycles. The lowest BCUT2D eigenvalue weighted by molar-refractivity contribution is 1.24. The molecular weight excluding hydrogens is 724 g/mol. The van der Waals surface area contributed by atoms with Crippen molar-refractivity contribution in [2.24, 2.45) is 0 Å². The normalized spacial score (nSPS) is 11.5. The quantitative estimate of drug-likeness (QED) is 0.116. The molecule has 3 aromatic heterocycles. The van der Waals surface area contributed by atoms with Gasteiger partial charge in [-0.15, -0.1) is 0 Å². The van der Waals surface area contributed by atoms with E-state index in [4.69, 9.17) is 15.0 Å². The molecular formula is C55H41B2N3. The monoisotopic (exact) mass is 765 g/mol. The second-order valence-corrected chi connectivity index (χ2v) is 14.8. The molecule has 0 aliphatic carbocycles. The van der Waals surface area contributed by atoms with Gasteiger partial charge in [0.25, 0.3) is 0 Å². The van der Waals surface area contributed by atoms with Crippen molar-refractivity contribution in [3.05, 3.63) is 259 Å². The number of nitrogens with zero attached hydrogens (tertiary/aromatic N) is 3. The van der Waals surface area contributed by atoms with E-state index in [2.05, 4.69) is 224 Å². The average Bonchev–Trinajstić information content (AvgIpc) is 3.33. The number of rotatable bonds is 12. The van der Waals surface area contributed by atoms with Crippen LogP contribution in [0.3, 0.4) is 0 Å². The minimum atomic E-state index is 0.0317. The van der Waals surface area contributed by atoms with Gasteiger partial charge in [0, 0.05) is 23.5 Å². The van der Waals surface area contributed by atoms with E-state index in [1.165, 1.54) is 32.8 Å². The zero-order chi connectivity index (χ0) is 40.4. The summed E-state index contributed by atoms with van der Waals surface area (Å²) in [5.41, 5.74) is 15.0. The maximum atomic E-state index is 5.09. The van der Waals surface area contributed by atoms with Crippen molar-refractivity contribution in [2.45, 2.75) is 0 Å². The summed E-state index contributed by atoms with van der Waals surface area (Å²) in [4.78, 5) is 15.1. The fraction of sp³-hybridized carbons (Fsp3) is 0. The topological polar surface area (TPSA) is 38.7 Å². The van der Waals surface area contributed by atoms with Crippen LogP contribution in [0, 0.1) is 0 Å². The molecule has 0 saturated carbocycles. The standard InChI is InChI=1S/C55H41B2N3/c1-7-20-42(21-8-1)52(56(46-24-11-3-12-25-46)47-26-13-4-14-27-47)38-50-36-34-44(40-58-50)54-32-19-33-55(60-54)45-35-37-51(59-41-45)39-53(43-22-9-2-10-23-43)57(48-28-15-5-16-29-48)49-30-17-6-18-31-49/h1-41H/b52-38+,53-39+. The first-order valence-electron chi connectivity index (χ1n) is 20.4. The van der Waals surface area contributed by atoms with Crippen molar-refractivity contribution >= 4 is 58.4 Å².